The van der Waals surface area contributed by atoms with Gasteiger partial charge < -0.3 is 10.2 Å². The van der Waals surface area contributed by atoms with Gasteiger partial charge in [-0.15, -0.1) is 0 Å². The lowest BCUT2D eigenvalue weighted by Gasteiger charge is -2.39. The molecule has 140 valence electrons. The Balaban J connectivity index is 1.44. The van der Waals surface area contributed by atoms with Gasteiger partial charge in [-0.25, -0.2) is 9.97 Å². The van der Waals surface area contributed by atoms with Crippen molar-refractivity contribution in [1.29, 1.82) is 0 Å². The zero-order valence-electron chi connectivity index (χ0n) is 15.7. The summed E-state index contributed by atoms with van der Waals surface area (Å²) in [4.78, 5) is 35.7. The zero-order valence-corrected chi connectivity index (χ0v) is 15.7. The van der Waals surface area contributed by atoms with Crippen molar-refractivity contribution in [2.45, 2.75) is 44.6 Å². The number of aryl methyl sites for hydroxylation is 2. The summed E-state index contributed by atoms with van der Waals surface area (Å²) >= 11 is 0. The first kappa shape index (κ1) is 17.6. The van der Waals surface area contributed by atoms with Crippen LogP contribution in [-0.4, -0.2) is 45.3 Å². The van der Waals surface area contributed by atoms with E-state index < -0.39 is 0 Å². The number of hydrogen-bond acceptors (Lipinski definition) is 4. The van der Waals surface area contributed by atoms with Crippen LogP contribution in [-0.2, 0) is 4.79 Å². The first-order valence-electron chi connectivity index (χ1n) is 9.44. The fraction of sp³-hybridized carbons (Fsp3) is 0.429. The maximum absolute atomic E-state index is 12.8. The fourth-order valence-corrected chi connectivity index (χ4v) is 4.27. The zero-order chi connectivity index (χ0) is 19.0. The van der Waals surface area contributed by atoms with Crippen molar-refractivity contribution in [3.63, 3.8) is 0 Å². The Labute approximate surface area is 159 Å². The minimum Gasteiger partial charge on any atom is -0.350 e. The Bertz CT molecular complexity index is 873. The highest BCUT2D eigenvalue weighted by Gasteiger charge is 2.46. The summed E-state index contributed by atoms with van der Waals surface area (Å²) in [5, 5.41) is 3.23. The predicted octanol–water partition coefficient (Wildman–Crippen LogP) is 2.37. The molecule has 4 rings (SSSR count). The van der Waals surface area contributed by atoms with Gasteiger partial charge >= 0.3 is 0 Å². The normalized spacial score (nSPS) is 21.3. The van der Waals surface area contributed by atoms with Gasteiger partial charge in [-0.05, 0) is 38.7 Å². The molecule has 2 saturated heterocycles. The third-order valence-electron chi connectivity index (χ3n) is 5.84. The Hall–Kier alpha value is -2.76. The average Bonchev–Trinajstić information content (AvgIpc) is 2.98. The third kappa shape index (κ3) is 3.31. The van der Waals surface area contributed by atoms with Crippen LogP contribution < -0.4 is 5.32 Å². The van der Waals surface area contributed by atoms with Gasteiger partial charge in [0.25, 0.3) is 5.91 Å². The minimum absolute atomic E-state index is 0.0220. The molecule has 6 heteroatoms. The summed E-state index contributed by atoms with van der Waals surface area (Å²) in [6.45, 7) is 4.93. The first-order chi connectivity index (χ1) is 13.0. The number of carbonyl (C=O) groups is 2. The van der Waals surface area contributed by atoms with Crippen molar-refractivity contribution in [2.75, 3.05) is 13.1 Å². The Morgan fingerprint density at radius 3 is 2.56 bits per heavy atom. The van der Waals surface area contributed by atoms with Gasteiger partial charge in [-0.1, -0.05) is 30.3 Å². The fourth-order valence-electron chi connectivity index (χ4n) is 4.27. The van der Waals surface area contributed by atoms with Crippen LogP contribution in [0.25, 0.3) is 0 Å². The largest absolute Gasteiger partial charge is 0.350 e. The number of piperidine rings is 1. The van der Waals surface area contributed by atoms with Crippen molar-refractivity contribution in [3.8, 4) is 0 Å². The second kappa shape index (κ2) is 6.76. The number of hydrogen-bond donors (Lipinski definition) is 1. The highest BCUT2D eigenvalue weighted by molar-refractivity contribution is 5.95. The number of amides is 2. The number of likely N-dealkylation sites (tertiary alicyclic amines) is 1. The maximum atomic E-state index is 12.8. The molecule has 2 fully saturated rings. The van der Waals surface area contributed by atoms with Gasteiger partial charge in [0.05, 0.1) is 17.2 Å². The van der Waals surface area contributed by atoms with Gasteiger partial charge in [0, 0.05) is 24.8 Å². The topological polar surface area (TPSA) is 75.2 Å². The molecule has 1 aromatic heterocycles. The van der Waals surface area contributed by atoms with Gasteiger partial charge in [-0.2, -0.15) is 0 Å². The van der Waals surface area contributed by atoms with Crippen LogP contribution in [0, 0.1) is 13.8 Å². The van der Waals surface area contributed by atoms with E-state index in [1.54, 1.807) is 6.20 Å². The molecular formula is C21H24N4O2. The van der Waals surface area contributed by atoms with Crippen LogP contribution in [0.4, 0.5) is 0 Å². The van der Waals surface area contributed by atoms with E-state index in [4.69, 9.17) is 0 Å². The summed E-state index contributed by atoms with van der Waals surface area (Å²) in [6, 6.07) is 9.94. The predicted molar refractivity (Wildman–Crippen MR) is 101 cm³/mol. The van der Waals surface area contributed by atoms with E-state index in [9.17, 15) is 9.59 Å². The molecule has 2 amide bonds. The number of rotatable bonds is 2. The van der Waals surface area contributed by atoms with E-state index in [2.05, 4.69) is 15.3 Å². The molecule has 1 aromatic carbocycles. The van der Waals surface area contributed by atoms with Crippen LogP contribution in [0.1, 0.15) is 52.6 Å². The van der Waals surface area contributed by atoms with E-state index in [0.29, 0.717) is 30.2 Å². The van der Waals surface area contributed by atoms with E-state index >= 15 is 0 Å². The maximum Gasteiger partial charge on any atom is 0.257 e. The molecule has 0 unspecified atom stereocenters. The molecule has 0 saturated carbocycles. The average molecular weight is 364 g/mol. The van der Waals surface area contributed by atoms with E-state index in [0.717, 1.165) is 24.8 Å². The molecule has 2 aliphatic rings. The molecule has 2 aliphatic heterocycles. The number of carbonyl (C=O) groups excluding carboxylic acids is 2. The first-order valence-corrected chi connectivity index (χ1v) is 9.44. The summed E-state index contributed by atoms with van der Waals surface area (Å²) in [5.74, 6) is 0.651. The van der Waals surface area contributed by atoms with Crippen molar-refractivity contribution >= 4 is 11.8 Å². The lowest BCUT2D eigenvalue weighted by Crippen LogP contribution is -2.52. The van der Waals surface area contributed by atoms with Gasteiger partial charge in [-0.3, -0.25) is 9.59 Å². The van der Waals surface area contributed by atoms with Crippen LogP contribution in [0.5, 0.6) is 0 Å². The molecule has 1 N–H and O–H groups in total. The Morgan fingerprint density at radius 1 is 1.19 bits per heavy atom. The molecule has 1 atom stereocenters. The monoisotopic (exact) mass is 364 g/mol. The summed E-state index contributed by atoms with van der Waals surface area (Å²) in [6.07, 6.45) is 3.97. The molecule has 2 aromatic rings. The van der Waals surface area contributed by atoms with E-state index in [-0.39, 0.29) is 23.3 Å². The van der Waals surface area contributed by atoms with Crippen molar-refractivity contribution in [1.82, 2.24) is 20.2 Å². The van der Waals surface area contributed by atoms with Gasteiger partial charge in [0.1, 0.15) is 5.82 Å². The molecule has 3 heterocycles. The van der Waals surface area contributed by atoms with E-state index in [1.807, 2.05) is 49.1 Å². The van der Waals surface area contributed by atoms with Crippen molar-refractivity contribution < 1.29 is 9.59 Å². The smallest absolute Gasteiger partial charge is 0.257 e. The molecule has 0 radical (unpaired) electrons. The second-order valence-electron chi connectivity index (χ2n) is 7.65. The minimum atomic E-state index is -0.201. The van der Waals surface area contributed by atoms with E-state index in [1.165, 1.54) is 0 Å². The van der Waals surface area contributed by atoms with Crippen molar-refractivity contribution in [2.24, 2.45) is 0 Å². The molecular weight excluding hydrogens is 340 g/mol. The summed E-state index contributed by atoms with van der Waals surface area (Å²) in [7, 11) is 0. The van der Waals surface area contributed by atoms with Crippen LogP contribution in [0.2, 0.25) is 0 Å². The van der Waals surface area contributed by atoms with Crippen LogP contribution in [0.15, 0.2) is 36.5 Å². The second-order valence-corrected chi connectivity index (χ2v) is 7.65. The lowest BCUT2D eigenvalue weighted by molar-refractivity contribution is -0.121. The SMILES string of the molecule is Cc1ncc(C(=O)N2CCC3(CC2)C[C@@H](c2ccccc2)C(=O)N3)c(C)n1. The highest BCUT2D eigenvalue weighted by atomic mass is 16.2. The Morgan fingerprint density at radius 2 is 1.89 bits per heavy atom. The number of aromatic nitrogens is 2. The quantitative estimate of drug-likeness (QED) is 0.888. The molecule has 0 bridgehead atoms. The molecule has 0 aliphatic carbocycles. The number of nitrogens with one attached hydrogen (secondary N) is 1. The van der Waals surface area contributed by atoms with Crippen LogP contribution in [0.3, 0.4) is 0 Å². The van der Waals surface area contributed by atoms with Crippen LogP contribution >= 0.6 is 0 Å². The molecule has 6 nitrogen and oxygen atoms in total. The van der Waals surface area contributed by atoms with Gasteiger partial charge in [0.2, 0.25) is 5.91 Å². The van der Waals surface area contributed by atoms with Gasteiger partial charge in [0.15, 0.2) is 0 Å². The summed E-state index contributed by atoms with van der Waals surface area (Å²) in [5.41, 5.74) is 2.14. The lowest BCUT2D eigenvalue weighted by atomic mass is 9.82. The number of nitrogens with zero attached hydrogens (tertiary/aromatic N) is 3. The molecule has 1 spiro atoms. The standard InChI is InChI=1S/C21H24N4O2/c1-14-18(13-22-15(2)23-14)20(27)25-10-8-21(9-11-25)12-17(19(26)24-21)16-6-4-3-5-7-16/h3-7,13,17H,8-12H2,1-2H3,(H,24,26)/t17-/m0/s1. The highest BCUT2D eigenvalue weighted by Crippen LogP contribution is 2.39. The number of benzene rings is 1. The third-order valence-corrected chi connectivity index (χ3v) is 5.84. The molecule has 27 heavy (non-hydrogen) atoms. The summed E-state index contributed by atoms with van der Waals surface area (Å²) < 4.78 is 0. The Kier molecular flexibility index (Phi) is 4.42. The van der Waals surface area contributed by atoms with Crippen molar-refractivity contribution in [3.05, 3.63) is 59.2 Å².